The molecule has 2 heterocycles. The molecule has 0 unspecified atom stereocenters. The van der Waals surface area contributed by atoms with Crippen LogP contribution in [0.25, 0.3) is 44.5 Å². The first-order valence-electron chi connectivity index (χ1n) is 22.0. The molecule has 13 rings (SSSR count). The number of nitrogens with zero attached hydrogens (tertiary/aromatic N) is 1. The molecule has 10 aromatic carbocycles. The van der Waals surface area contributed by atoms with Crippen molar-refractivity contribution in [2.24, 2.45) is 0 Å². The largest absolute Gasteiger partial charge is 0.310 e. The topological polar surface area (TPSA) is 3.24 Å². The normalized spacial score (nSPS) is 14.3. The molecule has 0 bridgehead atoms. The van der Waals surface area contributed by atoms with Gasteiger partial charge in [-0.3, -0.25) is 0 Å². The number of rotatable bonds is 5. The predicted octanol–water partition coefficient (Wildman–Crippen LogP) is 12.5. The highest BCUT2D eigenvalue weighted by Crippen LogP contribution is 2.64. The molecule has 0 atom stereocenters. The van der Waals surface area contributed by atoms with E-state index in [0.717, 1.165) is 5.69 Å². The first-order valence-corrected chi connectivity index (χ1v) is 24.0. The van der Waals surface area contributed by atoms with Crippen molar-refractivity contribution in [2.45, 2.75) is 5.41 Å². The predicted molar refractivity (Wildman–Crippen MR) is 265 cm³/mol. The van der Waals surface area contributed by atoms with Crippen LogP contribution in [0.1, 0.15) is 22.3 Å². The SMILES string of the molecule is c1ccc(-c2ccccc2-c2ccc3c(c2)C2(c4ccccc4-c4ccccc42)c2ccccc2N3c2ccc3c(c2)-c2ccccc2[Si]3(c2ccccc2)c2ccccc2)cc1. The minimum absolute atomic E-state index is 0.542. The van der Waals surface area contributed by atoms with Crippen LogP contribution in [0.2, 0.25) is 0 Å². The number of anilines is 3. The van der Waals surface area contributed by atoms with E-state index in [0.29, 0.717) is 0 Å². The van der Waals surface area contributed by atoms with Crippen LogP contribution in [0.15, 0.2) is 249 Å². The van der Waals surface area contributed by atoms with Crippen LogP contribution in [0, 0.1) is 0 Å². The van der Waals surface area contributed by atoms with E-state index in [9.17, 15) is 0 Å². The summed E-state index contributed by atoms with van der Waals surface area (Å²) in [5.41, 5.74) is 18.4. The fourth-order valence-electron chi connectivity index (χ4n) is 11.7. The van der Waals surface area contributed by atoms with E-state index >= 15 is 0 Å². The Morgan fingerprint density at radius 3 is 1.41 bits per heavy atom. The van der Waals surface area contributed by atoms with Gasteiger partial charge in [0.25, 0.3) is 0 Å². The number of hydrogen-bond donors (Lipinski definition) is 0. The van der Waals surface area contributed by atoms with Crippen molar-refractivity contribution < 1.29 is 0 Å². The van der Waals surface area contributed by atoms with Gasteiger partial charge in [0.15, 0.2) is 8.07 Å². The van der Waals surface area contributed by atoms with Gasteiger partial charge in [-0.1, -0.05) is 218 Å². The van der Waals surface area contributed by atoms with E-state index in [1.807, 2.05) is 0 Å². The molecule has 1 aliphatic carbocycles. The molecular weight excluding hydrogens is 775 g/mol. The third-order valence-electron chi connectivity index (χ3n) is 14.2. The van der Waals surface area contributed by atoms with Gasteiger partial charge in [0.2, 0.25) is 0 Å². The monoisotopic (exact) mass is 815 g/mol. The second-order valence-electron chi connectivity index (χ2n) is 17.1. The average Bonchev–Trinajstić information content (AvgIpc) is 3.83. The summed E-state index contributed by atoms with van der Waals surface area (Å²) in [7, 11) is -2.64. The summed E-state index contributed by atoms with van der Waals surface area (Å²) < 4.78 is 0. The fraction of sp³-hybridized carbons (Fsp3) is 0.0164. The summed E-state index contributed by atoms with van der Waals surface area (Å²) in [5.74, 6) is 0. The maximum Gasteiger partial charge on any atom is 0.180 e. The van der Waals surface area contributed by atoms with Crippen molar-refractivity contribution in [3.63, 3.8) is 0 Å². The standard InChI is InChI=1S/C61H41NSi/c1-4-20-42(21-5-1)47-26-10-11-27-48(47)43-36-38-58-56(40-43)61(53-31-15-12-28-49(53)50-29-13-16-32-54(50)61)55-33-17-18-34-57(55)62(58)44-37-39-60-52(41-44)51-30-14-19-35-59(51)63(60,45-22-6-2-7-23-45)46-24-8-3-9-25-46/h1-41H. The number of fused-ring (bicyclic) bond motifs is 12. The summed E-state index contributed by atoms with van der Waals surface area (Å²) in [6.07, 6.45) is 0. The zero-order chi connectivity index (χ0) is 41.5. The third-order valence-corrected chi connectivity index (χ3v) is 19.1. The molecule has 2 aliphatic heterocycles. The van der Waals surface area contributed by atoms with Gasteiger partial charge in [0, 0.05) is 5.69 Å². The first-order chi connectivity index (χ1) is 31.3. The molecule has 0 aromatic heterocycles. The van der Waals surface area contributed by atoms with Crippen molar-refractivity contribution in [1.82, 2.24) is 0 Å². The molecule has 10 aromatic rings. The highest BCUT2D eigenvalue weighted by Gasteiger charge is 2.53. The van der Waals surface area contributed by atoms with E-state index in [2.05, 4.69) is 254 Å². The lowest BCUT2D eigenvalue weighted by Gasteiger charge is -2.45. The Morgan fingerprint density at radius 1 is 0.286 bits per heavy atom. The Balaban J connectivity index is 1.10. The van der Waals surface area contributed by atoms with Gasteiger partial charge >= 0.3 is 0 Å². The van der Waals surface area contributed by atoms with Gasteiger partial charge in [-0.2, -0.15) is 0 Å². The van der Waals surface area contributed by atoms with Gasteiger partial charge in [0.1, 0.15) is 0 Å². The zero-order valence-electron chi connectivity index (χ0n) is 34.6. The van der Waals surface area contributed by atoms with E-state index in [1.54, 1.807) is 0 Å². The van der Waals surface area contributed by atoms with Crippen LogP contribution >= 0.6 is 0 Å². The lowest BCUT2D eigenvalue weighted by Crippen LogP contribution is -2.72. The van der Waals surface area contributed by atoms with E-state index < -0.39 is 13.5 Å². The van der Waals surface area contributed by atoms with Gasteiger partial charge in [-0.25, -0.2) is 0 Å². The molecule has 63 heavy (non-hydrogen) atoms. The Labute approximate surface area is 369 Å². The molecule has 1 nitrogen and oxygen atoms in total. The van der Waals surface area contributed by atoms with E-state index in [1.165, 1.54) is 98.9 Å². The summed E-state index contributed by atoms with van der Waals surface area (Å²) >= 11 is 0. The first kappa shape index (κ1) is 35.9. The molecule has 2 heteroatoms. The lowest BCUT2D eigenvalue weighted by atomic mass is 9.64. The number of benzene rings is 10. The molecular formula is C61H41NSi. The van der Waals surface area contributed by atoms with Crippen molar-refractivity contribution >= 4 is 45.9 Å². The van der Waals surface area contributed by atoms with Crippen LogP contribution in [0.4, 0.5) is 17.1 Å². The van der Waals surface area contributed by atoms with Crippen LogP contribution in [-0.2, 0) is 5.41 Å². The Kier molecular flexibility index (Phi) is 7.91. The second kappa shape index (κ2) is 13.9. The smallest absolute Gasteiger partial charge is 0.180 e. The zero-order valence-corrected chi connectivity index (χ0v) is 35.6. The Bertz CT molecular complexity index is 3320. The van der Waals surface area contributed by atoms with E-state index in [4.69, 9.17) is 0 Å². The summed E-state index contributed by atoms with van der Waals surface area (Å²) in [4.78, 5) is 2.56. The highest BCUT2D eigenvalue weighted by molar-refractivity contribution is 7.22. The molecule has 0 fully saturated rings. The highest BCUT2D eigenvalue weighted by atomic mass is 28.3. The van der Waals surface area contributed by atoms with Gasteiger partial charge in [-0.05, 0) is 118 Å². The quantitative estimate of drug-likeness (QED) is 0.156. The average molecular weight is 816 g/mol. The van der Waals surface area contributed by atoms with Gasteiger partial charge in [0.05, 0.1) is 16.8 Å². The molecule has 0 amide bonds. The molecule has 0 N–H and O–H groups in total. The van der Waals surface area contributed by atoms with Crippen LogP contribution in [0.5, 0.6) is 0 Å². The third kappa shape index (κ3) is 4.93. The van der Waals surface area contributed by atoms with Gasteiger partial charge in [-0.15, -0.1) is 0 Å². The van der Waals surface area contributed by atoms with Crippen LogP contribution < -0.4 is 25.6 Å². The maximum atomic E-state index is 2.56. The van der Waals surface area contributed by atoms with Crippen molar-refractivity contribution in [3.8, 4) is 44.5 Å². The Morgan fingerprint density at radius 2 is 0.762 bits per heavy atom. The molecule has 0 saturated carbocycles. The molecule has 3 aliphatic rings. The number of para-hydroxylation sites is 1. The number of hydrogen-bond acceptors (Lipinski definition) is 1. The minimum atomic E-state index is -2.64. The van der Waals surface area contributed by atoms with Gasteiger partial charge < -0.3 is 4.90 Å². The molecule has 1 spiro atoms. The molecule has 0 saturated heterocycles. The van der Waals surface area contributed by atoms with Crippen molar-refractivity contribution in [2.75, 3.05) is 4.90 Å². The van der Waals surface area contributed by atoms with Crippen molar-refractivity contribution in [3.05, 3.63) is 271 Å². The lowest BCUT2D eigenvalue weighted by molar-refractivity contribution is 0.753. The Hall–Kier alpha value is -7.78. The maximum absolute atomic E-state index is 2.64. The summed E-state index contributed by atoms with van der Waals surface area (Å²) in [6.45, 7) is 0. The van der Waals surface area contributed by atoms with E-state index in [-0.39, 0.29) is 0 Å². The van der Waals surface area contributed by atoms with Crippen LogP contribution in [0.3, 0.4) is 0 Å². The minimum Gasteiger partial charge on any atom is -0.310 e. The molecule has 294 valence electrons. The second-order valence-corrected chi connectivity index (χ2v) is 20.8. The molecule has 0 radical (unpaired) electrons. The summed E-state index contributed by atoms with van der Waals surface area (Å²) in [6, 6.07) is 93.6. The van der Waals surface area contributed by atoms with Crippen molar-refractivity contribution in [1.29, 1.82) is 0 Å². The fourth-order valence-corrected chi connectivity index (χ4v) is 16.9. The summed E-state index contributed by atoms with van der Waals surface area (Å²) in [5, 5.41) is 5.72. The van der Waals surface area contributed by atoms with Crippen LogP contribution in [-0.4, -0.2) is 8.07 Å².